The van der Waals surface area contributed by atoms with Crippen LogP contribution >= 0.6 is 11.6 Å². The van der Waals surface area contributed by atoms with Gasteiger partial charge in [0, 0.05) is 13.2 Å². The van der Waals surface area contributed by atoms with Crippen molar-refractivity contribution in [2.24, 2.45) is 13.0 Å². The molecule has 0 aromatic carbocycles. The fraction of sp³-hybridized carbons (Fsp3) is 0.611. The predicted molar refractivity (Wildman–Crippen MR) is 116 cm³/mol. The summed E-state index contributed by atoms with van der Waals surface area (Å²) in [7, 11) is -1.59. The van der Waals surface area contributed by atoms with E-state index in [-0.39, 0.29) is 36.5 Å². The molecule has 2 unspecified atom stereocenters. The summed E-state index contributed by atoms with van der Waals surface area (Å²) in [5.41, 5.74) is 0.746. The van der Waals surface area contributed by atoms with E-state index in [0.717, 1.165) is 5.69 Å². The van der Waals surface area contributed by atoms with Crippen LogP contribution in [0.15, 0.2) is 18.6 Å². The molecule has 2 aromatic rings. The van der Waals surface area contributed by atoms with E-state index in [1.165, 1.54) is 6.20 Å². The van der Waals surface area contributed by atoms with Gasteiger partial charge in [-0.1, -0.05) is 25.4 Å². The third kappa shape index (κ3) is 5.26. The number of fused-ring (bicyclic) bond motifs is 1. The Morgan fingerprint density at radius 3 is 2.61 bits per heavy atom. The van der Waals surface area contributed by atoms with E-state index in [1.807, 2.05) is 20.9 Å². The standard InChI is InChI=1S/C18H26ClN7O4S/c1-10(2)9-31(27,28)25-14-8-30-15-13(7-29-16(14)15)23-17-12(19)5-20-18(24-17)22-11-4-21-26(3)6-11/h4-6,10,13-16,25H,7-9H2,1-3H3,(H2,20,22,23,24)/t13-,14+,15?,16?/m0/s1. The molecule has 170 valence electrons. The monoisotopic (exact) mass is 471 g/mol. The number of ether oxygens (including phenoxy) is 2. The minimum absolute atomic E-state index is 0.0314. The first-order valence-corrected chi connectivity index (χ1v) is 12.0. The van der Waals surface area contributed by atoms with Gasteiger partial charge in [-0.05, 0) is 5.92 Å². The lowest BCUT2D eigenvalue weighted by Crippen LogP contribution is -2.45. The predicted octanol–water partition coefficient (Wildman–Crippen LogP) is 1.13. The molecule has 0 spiro atoms. The zero-order valence-electron chi connectivity index (χ0n) is 17.4. The van der Waals surface area contributed by atoms with Gasteiger partial charge < -0.3 is 20.1 Å². The number of sulfonamides is 1. The SMILES string of the molecule is CC(C)CS(=O)(=O)N[C@@H]1COC2C1OC[C@@H]2Nc1nc(Nc2cnn(C)c2)ncc1Cl. The molecule has 2 aromatic heterocycles. The molecule has 13 heteroatoms. The average molecular weight is 472 g/mol. The van der Waals surface area contributed by atoms with E-state index in [4.69, 9.17) is 21.1 Å². The second kappa shape index (κ2) is 8.87. The Bertz CT molecular complexity index is 1030. The van der Waals surface area contributed by atoms with Gasteiger partial charge >= 0.3 is 0 Å². The lowest BCUT2D eigenvalue weighted by Gasteiger charge is -2.19. The van der Waals surface area contributed by atoms with Crippen LogP contribution in [0, 0.1) is 5.92 Å². The van der Waals surface area contributed by atoms with Crippen molar-refractivity contribution in [2.75, 3.05) is 29.6 Å². The van der Waals surface area contributed by atoms with Gasteiger partial charge in [0.05, 0.1) is 49.1 Å². The highest BCUT2D eigenvalue weighted by atomic mass is 35.5. The quantitative estimate of drug-likeness (QED) is 0.518. The van der Waals surface area contributed by atoms with E-state index in [1.54, 1.807) is 17.1 Å². The average Bonchev–Trinajstić information content (AvgIpc) is 3.36. The molecule has 2 saturated heterocycles. The second-order valence-corrected chi connectivity index (χ2v) is 10.4. The Balaban J connectivity index is 1.41. The molecule has 2 fully saturated rings. The molecule has 0 amide bonds. The fourth-order valence-corrected chi connectivity index (χ4v) is 5.54. The Morgan fingerprint density at radius 1 is 1.23 bits per heavy atom. The lowest BCUT2D eigenvalue weighted by molar-refractivity contribution is 0.0690. The van der Waals surface area contributed by atoms with Gasteiger partial charge in [-0.3, -0.25) is 4.68 Å². The summed E-state index contributed by atoms with van der Waals surface area (Å²) in [6.07, 6.45) is 4.25. The largest absolute Gasteiger partial charge is 0.371 e. The van der Waals surface area contributed by atoms with Gasteiger partial charge in [0.25, 0.3) is 0 Å². The van der Waals surface area contributed by atoms with Crippen LogP contribution < -0.4 is 15.4 Å². The Kier molecular flexibility index (Phi) is 6.35. The smallest absolute Gasteiger partial charge is 0.229 e. The van der Waals surface area contributed by atoms with Crippen molar-refractivity contribution in [3.63, 3.8) is 0 Å². The molecule has 31 heavy (non-hydrogen) atoms. The number of aryl methyl sites for hydroxylation is 1. The maximum Gasteiger partial charge on any atom is 0.229 e. The summed E-state index contributed by atoms with van der Waals surface area (Å²) in [4.78, 5) is 8.63. The maximum absolute atomic E-state index is 12.3. The number of nitrogens with zero attached hydrogens (tertiary/aromatic N) is 4. The second-order valence-electron chi connectivity index (χ2n) is 8.16. The first-order chi connectivity index (χ1) is 14.7. The van der Waals surface area contributed by atoms with Crippen molar-refractivity contribution in [2.45, 2.75) is 38.1 Å². The maximum atomic E-state index is 12.3. The van der Waals surface area contributed by atoms with E-state index in [9.17, 15) is 8.42 Å². The molecule has 4 heterocycles. The van der Waals surface area contributed by atoms with E-state index in [0.29, 0.717) is 23.4 Å². The molecule has 3 N–H and O–H groups in total. The number of anilines is 3. The van der Waals surface area contributed by atoms with Crippen LogP contribution in [-0.2, 0) is 26.5 Å². The summed E-state index contributed by atoms with van der Waals surface area (Å²) in [5, 5.41) is 10.8. The van der Waals surface area contributed by atoms with Crippen LogP contribution in [-0.4, -0.2) is 71.4 Å². The normalized spacial score (nSPS) is 25.7. The molecule has 0 radical (unpaired) electrons. The summed E-state index contributed by atoms with van der Waals surface area (Å²) in [6, 6.07) is -0.660. The molecule has 4 atom stereocenters. The Hall–Kier alpha value is -1.99. The van der Waals surface area contributed by atoms with Crippen LogP contribution in [0.3, 0.4) is 0 Å². The van der Waals surface area contributed by atoms with Crippen molar-refractivity contribution in [3.05, 3.63) is 23.6 Å². The van der Waals surface area contributed by atoms with Gasteiger partial charge in [0.15, 0.2) is 5.82 Å². The van der Waals surface area contributed by atoms with Crippen LogP contribution in [0.2, 0.25) is 5.02 Å². The van der Waals surface area contributed by atoms with E-state index in [2.05, 4.69) is 30.4 Å². The van der Waals surface area contributed by atoms with Crippen LogP contribution in [0.1, 0.15) is 13.8 Å². The van der Waals surface area contributed by atoms with Crippen molar-refractivity contribution in [1.82, 2.24) is 24.5 Å². The third-order valence-corrected chi connectivity index (χ3v) is 7.01. The van der Waals surface area contributed by atoms with Gasteiger partial charge in [0.2, 0.25) is 16.0 Å². The lowest BCUT2D eigenvalue weighted by atomic mass is 10.1. The fourth-order valence-electron chi connectivity index (χ4n) is 3.76. The molecular formula is C18H26ClN7O4S. The van der Waals surface area contributed by atoms with Crippen molar-refractivity contribution in [3.8, 4) is 0 Å². The highest BCUT2D eigenvalue weighted by Gasteiger charge is 2.49. The molecule has 0 saturated carbocycles. The zero-order chi connectivity index (χ0) is 22.2. The van der Waals surface area contributed by atoms with E-state index < -0.39 is 16.1 Å². The molecule has 2 aliphatic heterocycles. The van der Waals surface area contributed by atoms with E-state index >= 15 is 0 Å². The van der Waals surface area contributed by atoms with Crippen LogP contribution in [0.5, 0.6) is 0 Å². The summed E-state index contributed by atoms with van der Waals surface area (Å²) in [5.74, 6) is 0.891. The van der Waals surface area contributed by atoms with Crippen LogP contribution in [0.25, 0.3) is 0 Å². The topological polar surface area (TPSA) is 132 Å². The Labute approximate surface area is 185 Å². The molecule has 0 aliphatic carbocycles. The molecule has 11 nitrogen and oxygen atoms in total. The number of hydrogen-bond donors (Lipinski definition) is 3. The number of aromatic nitrogens is 4. The number of halogens is 1. The van der Waals surface area contributed by atoms with Crippen molar-refractivity contribution in [1.29, 1.82) is 0 Å². The summed E-state index contributed by atoms with van der Waals surface area (Å²) >= 11 is 6.28. The molecular weight excluding hydrogens is 446 g/mol. The molecule has 0 bridgehead atoms. The van der Waals surface area contributed by atoms with Crippen LogP contribution in [0.4, 0.5) is 17.5 Å². The highest BCUT2D eigenvalue weighted by molar-refractivity contribution is 7.89. The van der Waals surface area contributed by atoms with Gasteiger partial charge in [0.1, 0.15) is 17.2 Å². The minimum atomic E-state index is -3.41. The third-order valence-electron chi connectivity index (χ3n) is 4.96. The number of hydrogen-bond acceptors (Lipinski definition) is 9. The van der Waals surface area contributed by atoms with Crippen molar-refractivity contribution < 1.29 is 17.9 Å². The first-order valence-electron chi connectivity index (χ1n) is 9.98. The summed E-state index contributed by atoms with van der Waals surface area (Å²) < 4.78 is 40.7. The Morgan fingerprint density at radius 2 is 1.94 bits per heavy atom. The summed E-state index contributed by atoms with van der Waals surface area (Å²) in [6.45, 7) is 4.31. The first kappa shape index (κ1) is 22.2. The van der Waals surface area contributed by atoms with Gasteiger partial charge in [-0.15, -0.1) is 0 Å². The number of rotatable bonds is 8. The highest BCUT2D eigenvalue weighted by Crippen LogP contribution is 2.31. The van der Waals surface area contributed by atoms with Gasteiger partial charge in [-0.25, -0.2) is 18.1 Å². The van der Waals surface area contributed by atoms with Gasteiger partial charge in [-0.2, -0.15) is 10.1 Å². The minimum Gasteiger partial charge on any atom is -0.371 e. The number of nitrogens with one attached hydrogen (secondary N) is 3. The zero-order valence-corrected chi connectivity index (χ0v) is 19.0. The molecule has 4 rings (SSSR count). The van der Waals surface area contributed by atoms with Crippen molar-refractivity contribution >= 4 is 39.1 Å². The molecule has 2 aliphatic rings.